The average Bonchev–Trinajstić information content (AvgIpc) is 3.45. The molecule has 3 aromatic rings. The van der Waals surface area contributed by atoms with Crippen LogP contribution in [0.4, 0.5) is 5.00 Å². The molecule has 3 aromatic heterocycles. The molecule has 0 unspecified atom stereocenters. The van der Waals surface area contributed by atoms with Crippen LogP contribution in [0.1, 0.15) is 31.2 Å². The Labute approximate surface area is 205 Å². The quantitative estimate of drug-likeness (QED) is 0.276. The number of hydrogen-bond acceptors (Lipinski definition) is 5. The lowest BCUT2D eigenvalue weighted by atomic mass is 10.1. The van der Waals surface area contributed by atoms with Crippen LogP contribution in [0.2, 0.25) is 0 Å². The van der Waals surface area contributed by atoms with Crippen molar-refractivity contribution in [2.75, 3.05) is 24.5 Å². The Kier molecular flexibility index (Phi) is 8.70. The first kappa shape index (κ1) is 23.5. The molecule has 2 N–H and O–H groups in total. The van der Waals surface area contributed by atoms with E-state index in [0.717, 1.165) is 55.6 Å². The summed E-state index contributed by atoms with van der Waals surface area (Å²) in [4.78, 5) is 16.1. The largest absolute Gasteiger partial charge is 0.363 e. The van der Waals surface area contributed by atoms with Gasteiger partial charge >= 0.3 is 0 Å². The number of aromatic nitrogens is 3. The monoisotopic (exact) mass is 551 g/mol. The fourth-order valence-corrected chi connectivity index (χ4v) is 4.44. The molecule has 0 atom stereocenters. The number of nitrogens with one attached hydrogen (secondary N) is 2. The number of halogens is 1. The normalized spacial score (nSPS) is 14.9. The molecule has 1 fully saturated rings. The van der Waals surface area contributed by atoms with Crippen molar-refractivity contribution in [2.24, 2.45) is 4.99 Å². The Morgan fingerprint density at radius 3 is 2.68 bits per heavy atom. The molecular weight excluding hydrogens is 521 g/mol. The molecule has 0 radical (unpaired) electrons. The van der Waals surface area contributed by atoms with Crippen LogP contribution in [-0.2, 0) is 6.54 Å². The maximum atomic E-state index is 4.78. The summed E-state index contributed by atoms with van der Waals surface area (Å²) in [6.07, 6.45) is 7.83. The summed E-state index contributed by atoms with van der Waals surface area (Å²) in [6, 6.07) is 8.87. The number of rotatable bonds is 6. The molecule has 1 aliphatic rings. The molecule has 166 valence electrons. The van der Waals surface area contributed by atoms with Crippen LogP contribution in [0.3, 0.4) is 0 Å². The third-order valence-corrected chi connectivity index (χ3v) is 6.23. The van der Waals surface area contributed by atoms with Crippen molar-refractivity contribution >= 4 is 46.3 Å². The highest BCUT2D eigenvalue weighted by molar-refractivity contribution is 14.0. The summed E-state index contributed by atoms with van der Waals surface area (Å²) < 4.78 is 1.97. The van der Waals surface area contributed by atoms with E-state index < -0.39 is 0 Å². The summed E-state index contributed by atoms with van der Waals surface area (Å²) in [5.41, 5.74) is 1.08. The number of nitrogens with zero attached hydrogens (tertiary/aromatic N) is 5. The lowest BCUT2D eigenvalue weighted by Gasteiger charge is -2.33. The highest BCUT2D eigenvalue weighted by atomic mass is 127. The number of imidazole rings is 1. The summed E-state index contributed by atoms with van der Waals surface area (Å²) in [6.45, 7) is 7.67. The molecule has 0 amide bonds. The lowest BCUT2D eigenvalue weighted by molar-refractivity contribution is 0.463. The zero-order valence-electron chi connectivity index (χ0n) is 18.0. The van der Waals surface area contributed by atoms with Gasteiger partial charge in [0.05, 0.1) is 11.5 Å². The van der Waals surface area contributed by atoms with Crippen molar-refractivity contribution in [1.82, 2.24) is 25.2 Å². The van der Waals surface area contributed by atoms with Crippen LogP contribution in [0, 0.1) is 6.92 Å². The van der Waals surface area contributed by atoms with Crippen LogP contribution in [0.5, 0.6) is 0 Å². The number of guanidine groups is 1. The second kappa shape index (κ2) is 11.5. The molecular formula is C22H30IN7S. The van der Waals surface area contributed by atoms with E-state index in [1.807, 2.05) is 41.3 Å². The number of piperidine rings is 1. The second-order valence-corrected chi connectivity index (χ2v) is 8.35. The third-order valence-electron chi connectivity index (χ3n) is 5.30. The first-order chi connectivity index (χ1) is 14.7. The molecule has 31 heavy (non-hydrogen) atoms. The summed E-state index contributed by atoms with van der Waals surface area (Å²) in [5, 5.41) is 10.5. The van der Waals surface area contributed by atoms with E-state index in [-0.39, 0.29) is 24.0 Å². The molecule has 0 aliphatic carbocycles. The van der Waals surface area contributed by atoms with Crippen molar-refractivity contribution in [3.8, 4) is 5.82 Å². The van der Waals surface area contributed by atoms with Gasteiger partial charge in [0.1, 0.15) is 11.6 Å². The maximum Gasteiger partial charge on any atom is 0.191 e. The highest BCUT2D eigenvalue weighted by Gasteiger charge is 2.20. The predicted molar refractivity (Wildman–Crippen MR) is 139 cm³/mol. The van der Waals surface area contributed by atoms with Gasteiger partial charge in [0.25, 0.3) is 0 Å². The second-order valence-electron chi connectivity index (χ2n) is 7.42. The van der Waals surface area contributed by atoms with E-state index in [2.05, 4.69) is 56.0 Å². The molecule has 0 spiro atoms. The Hall–Kier alpha value is -2.14. The van der Waals surface area contributed by atoms with Crippen molar-refractivity contribution in [3.63, 3.8) is 0 Å². The fraction of sp³-hybridized carbons (Fsp3) is 0.409. The van der Waals surface area contributed by atoms with Gasteiger partial charge in [-0.3, -0.25) is 4.57 Å². The minimum atomic E-state index is 0. The minimum Gasteiger partial charge on any atom is -0.363 e. The summed E-state index contributed by atoms with van der Waals surface area (Å²) in [7, 11) is 0. The number of aliphatic imine (C=N–C) groups is 1. The van der Waals surface area contributed by atoms with Gasteiger partial charge in [0.2, 0.25) is 0 Å². The Morgan fingerprint density at radius 1 is 1.23 bits per heavy atom. The van der Waals surface area contributed by atoms with E-state index in [9.17, 15) is 0 Å². The first-order valence-corrected chi connectivity index (χ1v) is 11.4. The molecule has 4 rings (SSSR count). The Bertz CT molecular complexity index is 945. The van der Waals surface area contributed by atoms with Crippen LogP contribution in [0.25, 0.3) is 5.82 Å². The van der Waals surface area contributed by atoms with E-state index >= 15 is 0 Å². The predicted octanol–water partition coefficient (Wildman–Crippen LogP) is 3.98. The van der Waals surface area contributed by atoms with Gasteiger partial charge in [-0.2, -0.15) is 0 Å². The van der Waals surface area contributed by atoms with E-state index in [1.54, 1.807) is 6.20 Å². The van der Waals surface area contributed by atoms with Crippen LogP contribution in [-0.4, -0.2) is 46.2 Å². The van der Waals surface area contributed by atoms with E-state index in [0.29, 0.717) is 12.6 Å². The highest BCUT2D eigenvalue weighted by Crippen LogP contribution is 2.24. The average molecular weight is 552 g/mol. The van der Waals surface area contributed by atoms with E-state index in [4.69, 9.17) is 4.99 Å². The topological polar surface area (TPSA) is 70.4 Å². The van der Waals surface area contributed by atoms with Crippen LogP contribution < -0.4 is 15.5 Å². The molecule has 7 nitrogen and oxygen atoms in total. The molecule has 0 saturated carbocycles. The van der Waals surface area contributed by atoms with Gasteiger partial charge in [0, 0.05) is 44.3 Å². The van der Waals surface area contributed by atoms with Crippen LogP contribution in [0.15, 0.2) is 53.2 Å². The van der Waals surface area contributed by atoms with E-state index in [1.165, 1.54) is 5.00 Å². The Morgan fingerprint density at radius 2 is 2.06 bits per heavy atom. The number of thiophene rings is 1. The van der Waals surface area contributed by atoms with Gasteiger partial charge in [-0.05, 0) is 55.8 Å². The number of anilines is 1. The fourth-order valence-electron chi connectivity index (χ4n) is 3.65. The number of aryl methyl sites for hydroxylation is 1. The van der Waals surface area contributed by atoms with Crippen molar-refractivity contribution in [1.29, 1.82) is 0 Å². The van der Waals surface area contributed by atoms with Crippen molar-refractivity contribution in [3.05, 3.63) is 59.6 Å². The van der Waals surface area contributed by atoms with Gasteiger partial charge < -0.3 is 15.5 Å². The van der Waals surface area contributed by atoms with Gasteiger partial charge in [-0.25, -0.2) is 15.0 Å². The summed E-state index contributed by atoms with van der Waals surface area (Å²) >= 11 is 1.82. The zero-order chi connectivity index (χ0) is 20.8. The maximum absolute atomic E-state index is 4.78. The van der Waals surface area contributed by atoms with Crippen molar-refractivity contribution < 1.29 is 0 Å². The first-order valence-electron chi connectivity index (χ1n) is 10.5. The van der Waals surface area contributed by atoms with Crippen molar-refractivity contribution in [2.45, 2.75) is 39.3 Å². The number of pyridine rings is 1. The number of hydrogen-bond donors (Lipinski definition) is 2. The van der Waals surface area contributed by atoms with Gasteiger partial charge in [-0.15, -0.1) is 35.3 Å². The smallest absolute Gasteiger partial charge is 0.191 e. The standard InChI is InChI=1S/C22H29N7S.HI/c1-3-23-22(27-19-8-11-28(12-9-19)21-5-4-14-30-21)26-16-18-6-7-20(25-15-18)29-13-10-24-17(29)2;/h4-7,10,13-15,19H,3,8-9,11-12,16H2,1-2H3,(H2,23,26,27);1H. The van der Waals surface area contributed by atoms with Gasteiger partial charge in [-0.1, -0.05) is 6.07 Å². The molecule has 4 heterocycles. The molecule has 1 aliphatic heterocycles. The molecule has 9 heteroatoms. The molecule has 1 saturated heterocycles. The summed E-state index contributed by atoms with van der Waals surface area (Å²) in [5.74, 6) is 2.68. The molecule has 0 bridgehead atoms. The van der Waals surface area contributed by atoms with Gasteiger partial charge in [0.15, 0.2) is 5.96 Å². The third kappa shape index (κ3) is 6.19. The molecule has 0 aromatic carbocycles. The zero-order valence-corrected chi connectivity index (χ0v) is 21.1. The minimum absolute atomic E-state index is 0. The SMILES string of the molecule is CCNC(=NCc1ccc(-n2ccnc2C)nc1)NC1CCN(c2cccs2)CC1.I. The Balaban J connectivity index is 0.00000272. The lowest BCUT2D eigenvalue weighted by Crippen LogP contribution is -2.48. The van der Waals surface area contributed by atoms with Crippen LogP contribution >= 0.6 is 35.3 Å².